The lowest BCUT2D eigenvalue weighted by atomic mass is 9.96. The molecular weight excluding hydrogens is 725 g/mol. The van der Waals surface area contributed by atoms with Crippen molar-refractivity contribution in [3.8, 4) is 22.6 Å². The molecule has 2 aliphatic heterocycles. The fourth-order valence-corrected chi connectivity index (χ4v) is 7.88. The predicted octanol–water partition coefficient (Wildman–Crippen LogP) is 7.34. The smallest absolute Gasteiger partial charge is 0.273 e. The number of halogens is 4. The molecule has 0 atom stereocenters. The first-order chi connectivity index (χ1) is 26.2. The summed E-state index contributed by atoms with van der Waals surface area (Å²) in [6.07, 6.45) is 9.70. The van der Waals surface area contributed by atoms with E-state index in [1.165, 1.54) is 56.5 Å². The van der Waals surface area contributed by atoms with Crippen LogP contribution in [0.3, 0.4) is 0 Å². The minimum atomic E-state index is -0.756. The third kappa shape index (κ3) is 10.5. The van der Waals surface area contributed by atoms with Crippen molar-refractivity contribution in [1.29, 1.82) is 0 Å². The summed E-state index contributed by atoms with van der Waals surface area (Å²) in [5, 5.41) is 14.0. The Morgan fingerprint density at radius 3 is 1.57 bits per heavy atom. The van der Waals surface area contributed by atoms with Crippen molar-refractivity contribution in [3.63, 3.8) is 0 Å². The van der Waals surface area contributed by atoms with Crippen LogP contribution in [0.1, 0.15) is 72.3 Å². The molecule has 4 aliphatic rings. The Balaban J connectivity index is 0.000000167. The quantitative estimate of drug-likeness (QED) is 0.113. The fourth-order valence-electron chi connectivity index (χ4n) is 6.69. The van der Waals surface area contributed by atoms with Crippen LogP contribution in [0, 0.1) is 41.0 Å². The number of rotatable bonds is 12. The van der Waals surface area contributed by atoms with Crippen LogP contribution in [0.4, 0.5) is 17.6 Å². The molecule has 0 radical (unpaired) electrons. The second kappa shape index (κ2) is 17.5. The first-order valence-electron chi connectivity index (χ1n) is 18.7. The number of amides is 2. The zero-order valence-electron chi connectivity index (χ0n) is 29.9. The first-order valence-corrected chi connectivity index (χ1v) is 19.5. The minimum Gasteiger partial charge on any atom is -0.355 e. The Hall–Kier alpha value is -4.21. The van der Waals surface area contributed by atoms with Gasteiger partial charge in [-0.15, -0.1) is 0 Å². The molecule has 4 aromatic rings. The van der Waals surface area contributed by atoms with Gasteiger partial charge in [0.25, 0.3) is 11.8 Å². The van der Waals surface area contributed by atoms with Gasteiger partial charge >= 0.3 is 0 Å². The minimum absolute atomic E-state index is 0.0727. The van der Waals surface area contributed by atoms with Gasteiger partial charge < -0.3 is 24.6 Å². The average molecular weight is 769 g/mol. The summed E-state index contributed by atoms with van der Waals surface area (Å²) in [6, 6.07) is 9.09. The van der Waals surface area contributed by atoms with E-state index in [9.17, 15) is 27.2 Å². The van der Waals surface area contributed by atoms with Gasteiger partial charge in [0.15, 0.2) is 22.9 Å². The first kappa shape index (κ1) is 38.1. The SMILES string of the molecule is O=C(NCC1CCN(CC2CC2)CC1)c1cc(-c2ccc(F)cc2F)on1.O=C(NCC1CCN(SC2CC2)CC1)c1cc(-c2ccc(F)cc2F)on1. The van der Waals surface area contributed by atoms with Crippen molar-refractivity contribution in [1.82, 2.24) is 30.2 Å². The highest BCUT2D eigenvalue weighted by Crippen LogP contribution is 2.38. The van der Waals surface area contributed by atoms with Crippen LogP contribution in [0.15, 0.2) is 57.6 Å². The summed E-state index contributed by atoms with van der Waals surface area (Å²) in [6.45, 7) is 6.71. The Labute approximate surface area is 315 Å². The molecule has 2 N–H and O–H groups in total. The van der Waals surface area contributed by atoms with Gasteiger partial charge in [-0.25, -0.2) is 17.6 Å². The van der Waals surface area contributed by atoms with E-state index in [1.807, 2.05) is 11.9 Å². The summed E-state index contributed by atoms with van der Waals surface area (Å²) in [5.41, 5.74) is 0.338. The molecule has 288 valence electrons. The number of carbonyl (C=O) groups excluding carboxylic acids is 2. The lowest BCUT2D eigenvalue weighted by Gasteiger charge is -2.31. The summed E-state index contributed by atoms with van der Waals surface area (Å²) < 4.78 is 66.2. The summed E-state index contributed by atoms with van der Waals surface area (Å²) >= 11 is 1.98. The maximum atomic E-state index is 13.8. The number of nitrogens with one attached hydrogen (secondary N) is 2. The lowest BCUT2D eigenvalue weighted by Crippen LogP contribution is -2.39. The van der Waals surface area contributed by atoms with E-state index in [0.717, 1.165) is 87.3 Å². The van der Waals surface area contributed by atoms with E-state index in [0.29, 0.717) is 24.9 Å². The van der Waals surface area contributed by atoms with Crippen molar-refractivity contribution in [2.45, 2.75) is 56.6 Å². The van der Waals surface area contributed by atoms with Crippen molar-refractivity contribution in [3.05, 3.63) is 83.2 Å². The lowest BCUT2D eigenvalue weighted by molar-refractivity contribution is 0.0921. The third-order valence-corrected chi connectivity index (χ3v) is 11.7. The summed E-state index contributed by atoms with van der Waals surface area (Å²) in [7, 11) is 0. The molecule has 0 spiro atoms. The zero-order valence-corrected chi connectivity index (χ0v) is 30.7. The number of piperidine rings is 2. The number of aromatic nitrogens is 2. The van der Waals surface area contributed by atoms with Crippen molar-refractivity contribution >= 4 is 23.8 Å². The van der Waals surface area contributed by atoms with Gasteiger partial charge in [-0.2, -0.15) is 0 Å². The molecule has 54 heavy (non-hydrogen) atoms. The van der Waals surface area contributed by atoms with E-state index in [1.54, 1.807) is 0 Å². The maximum absolute atomic E-state index is 13.8. The van der Waals surface area contributed by atoms with Crippen molar-refractivity contribution in [2.75, 3.05) is 45.8 Å². The second-order valence-corrected chi connectivity index (χ2v) is 16.1. The number of likely N-dealkylation sites (tertiary alicyclic amines) is 1. The van der Waals surface area contributed by atoms with Crippen LogP contribution < -0.4 is 10.6 Å². The molecular formula is C39H44F4N6O4S. The van der Waals surface area contributed by atoms with E-state index in [4.69, 9.17) is 9.05 Å². The normalized spacial score (nSPS) is 18.6. The molecule has 0 unspecified atom stereocenters. The predicted molar refractivity (Wildman–Crippen MR) is 195 cm³/mol. The monoisotopic (exact) mass is 768 g/mol. The largest absolute Gasteiger partial charge is 0.355 e. The van der Waals surface area contributed by atoms with Crippen molar-refractivity contribution < 1.29 is 36.2 Å². The Bertz CT molecular complexity index is 1770. The van der Waals surface area contributed by atoms with Gasteiger partial charge in [0.2, 0.25) is 0 Å². The topological polar surface area (TPSA) is 117 Å². The fraction of sp³-hybridized carbons (Fsp3) is 0.487. The molecule has 4 heterocycles. The standard InChI is InChI=1S/C20H23F2N3O2.C19H21F2N3O2S/c21-15-3-4-16(17(22)9-15)19-10-18(24-27-19)20(26)23-11-13-5-7-25(8-6-13)12-14-1-2-14;20-13-1-4-15(16(21)9-13)18-10-17(23-26-18)19(25)22-11-12-5-7-24(8-6-12)27-14-2-3-14/h3-4,9-10,13-14H,1-2,5-8,11-12H2,(H,23,26);1,4,9-10,12,14H,2-3,5-8,11H2,(H,22,25). The van der Waals surface area contributed by atoms with E-state index >= 15 is 0 Å². The highest BCUT2D eigenvalue weighted by atomic mass is 32.2. The molecule has 2 saturated carbocycles. The van der Waals surface area contributed by atoms with E-state index in [-0.39, 0.29) is 45.8 Å². The molecule has 2 aromatic heterocycles. The van der Waals surface area contributed by atoms with E-state index < -0.39 is 23.3 Å². The van der Waals surface area contributed by atoms with E-state index in [2.05, 4.69) is 30.2 Å². The number of benzene rings is 2. The molecule has 10 nitrogen and oxygen atoms in total. The molecule has 8 rings (SSSR count). The molecule has 2 amide bonds. The van der Waals surface area contributed by atoms with Gasteiger partial charge in [-0.3, -0.25) is 13.9 Å². The van der Waals surface area contributed by atoms with Crippen LogP contribution in [-0.4, -0.2) is 82.4 Å². The van der Waals surface area contributed by atoms with Crippen LogP contribution in [0.25, 0.3) is 22.6 Å². The Morgan fingerprint density at radius 1 is 0.648 bits per heavy atom. The van der Waals surface area contributed by atoms with Crippen LogP contribution in [0.5, 0.6) is 0 Å². The Kier molecular flexibility index (Phi) is 12.3. The number of nitrogens with zero attached hydrogens (tertiary/aromatic N) is 4. The molecule has 15 heteroatoms. The Morgan fingerprint density at radius 2 is 1.13 bits per heavy atom. The van der Waals surface area contributed by atoms with Crippen LogP contribution in [0.2, 0.25) is 0 Å². The zero-order chi connectivity index (χ0) is 37.6. The van der Waals surface area contributed by atoms with Gasteiger partial charge in [-0.1, -0.05) is 22.3 Å². The molecule has 4 fully saturated rings. The highest BCUT2D eigenvalue weighted by molar-refractivity contribution is 7.97. The number of hydrogen-bond acceptors (Lipinski definition) is 9. The average Bonchev–Trinajstić information content (AvgIpc) is 4.06. The van der Waals surface area contributed by atoms with Crippen molar-refractivity contribution in [2.24, 2.45) is 17.8 Å². The van der Waals surface area contributed by atoms with Gasteiger partial charge in [-0.05, 0) is 106 Å². The number of hydrogen-bond donors (Lipinski definition) is 2. The maximum Gasteiger partial charge on any atom is 0.273 e. The molecule has 2 saturated heterocycles. The summed E-state index contributed by atoms with van der Waals surface area (Å²) in [5.74, 6) is -1.51. The van der Waals surface area contributed by atoms with Gasteiger partial charge in [0, 0.05) is 62.2 Å². The molecule has 2 aliphatic carbocycles. The van der Waals surface area contributed by atoms with Crippen LogP contribution in [-0.2, 0) is 0 Å². The molecule has 0 bridgehead atoms. The molecule has 2 aromatic carbocycles. The number of carbonyl (C=O) groups is 2. The second-order valence-electron chi connectivity index (χ2n) is 14.7. The van der Waals surface area contributed by atoms with Gasteiger partial charge in [0.05, 0.1) is 11.1 Å². The van der Waals surface area contributed by atoms with Crippen LogP contribution >= 0.6 is 11.9 Å². The third-order valence-electron chi connectivity index (χ3n) is 10.3. The summed E-state index contributed by atoms with van der Waals surface area (Å²) in [4.78, 5) is 27.1. The van der Waals surface area contributed by atoms with Gasteiger partial charge in [0.1, 0.15) is 23.3 Å². The highest BCUT2D eigenvalue weighted by Gasteiger charge is 2.29.